The Kier molecular flexibility index (Phi) is 6.17. The monoisotopic (exact) mass is 495 g/mol. The number of aromatic hydroxyl groups is 1. The van der Waals surface area contributed by atoms with Crippen molar-refractivity contribution in [2.45, 2.75) is 17.8 Å². The van der Waals surface area contributed by atoms with Crippen molar-refractivity contribution >= 4 is 37.4 Å². The Balaban J connectivity index is 1.94. The maximum atomic E-state index is 13.0. The molecule has 1 aliphatic rings. The van der Waals surface area contributed by atoms with Crippen molar-refractivity contribution in [3.8, 4) is 17.2 Å². The number of anilines is 1. The Morgan fingerprint density at radius 1 is 1.21 bits per heavy atom. The number of ketones is 1. The summed E-state index contributed by atoms with van der Waals surface area (Å²) in [6.07, 6.45) is 1.76. The van der Waals surface area contributed by atoms with Crippen molar-refractivity contribution in [1.82, 2.24) is 0 Å². The Labute approximate surface area is 173 Å². The van der Waals surface area contributed by atoms with Crippen molar-refractivity contribution in [3.05, 3.63) is 50.6 Å². The summed E-state index contributed by atoms with van der Waals surface area (Å²) in [5, 5.41) is 13.2. The van der Waals surface area contributed by atoms with Crippen LogP contribution in [0.1, 0.15) is 29.8 Å². The Morgan fingerprint density at radius 2 is 1.89 bits per heavy atom. The van der Waals surface area contributed by atoms with Gasteiger partial charge >= 0.3 is 166 Å². The predicted molar refractivity (Wildman–Crippen MR) is 122 cm³/mol. The fraction of sp³-hybridized carbons (Fsp3) is 0.318. The standard InChI is InChI=1S/C22H26INO4/c1-13(8-15-6-7-19(27-4)18(25)9-15)22(26)16-10-17(24-3)21(20(11-16)28-5)23-12-14(23)2/h6-11,14,24-25H,12H2,1-5H3/b13-8+. The van der Waals surface area contributed by atoms with Crippen LogP contribution < -0.4 is 14.8 Å². The van der Waals surface area contributed by atoms with Gasteiger partial charge < -0.3 is 0 Å². The third kappa shape index (κ3) is 4.11. The topological polar surface area (TPSA) is 67.8 Å². The number of Topliss-reactive ketones (excluding diaryl/α,β-unsaturated/α-hetero) is 1. The molecule has 1 unspecified atom stereocenters. The second kappa shape index (κ2) is 8.43. The quantitative estimate of drug-likeness (QED) is 0.250. The summed E-state index contributed by atoms with van der Waals surface area (Å²) < 4.78 is 14.1. The van der Waals surface area contributed by atoms with E-state index in [0.29, 0.717) is 16.9 Å². The van der Waals surface area contributed by atoms with Gasteiger partial charge in [-0.1, -0.05) is 0 Å². The van der Waals surface area contributed by atoms with Crippen molar-refractivity contribution in [2.24, 2.45) is 0 Å². The number of benzene rings is 2. The summed E-state index contributed by atoms with van der Waals surface area (Å²) in [6, 6.07) is 8.87. The van der Waals surface area contributed by atoms with E-state index in [1.54, 1.807) is 38.3 Å². The summed E-state index contributed by atoms with van der Waals surface area (Å²) in [7, 11) is 5.06. The van der Waals surface area contributed by atoms with E-state index < -0.39 is 19.8 Å². The fourth-order valence-corrected chi connectivity index (χ4v) is 9.07. The van der Waals surface area contributed by atoms with Crippen LogP contribution >= 0.6 is 19.8 Å². The molecule has 0 bridgehead atoms. The maximum absolute atomic E-state index is 13.0. The van der Waals surface area contributed by atoms with Gasteiger partial charge in [-0.15, -0.1) is 0 Å². The molecule has 2 aromatic carbocycles. The molecule has 150 valence electrons. The van der Waals surface area contributed by atoms with Crippen molar-refractivity contribution < 1.29 is 19.4 Å². The zero-order valence-corrected chi connectivity index (χ0v) is 19.0. The summed E-state index contributed by atoms with van der Waals surface area (Å²) in [5.74, 6) is 1.20. The van der Waals surface area contributed by atoms with E-state index in [9.17, 15) is 9.90 Å². The molecule has 0 amide bonds. The minimum absolute atomic E-state index is 0.0455. The van der Waals surface area contributed by atoms with Crippen molar-refractivity contribution in [3.63, 3.8) is 0 Å². The fourth-order valence-electron chi connectivity index (χ4n) is 3.11. The second-order valence-electron chi connectivity index (χ2n) is 6.71. The van der Waals surface area contributed by atoms with E-state index in [-0.39, 0.29) is 11.5 Å². The van der Waals surface area contributed by atoms with E-state index in [1.165, 1.54) is 15.1 Å². The molecule has 1 fully saturated rings. The van der Waals surface area contributed by atoms with Crippen LogP contribution in [0.2, 0.25) is 0 Å². The second-order valence-corrected chi connectivity index (χ2v) is 13.1. The van der Waals surface area contributed by atoms with Crippen LogP contribution in [0.5, 0.6) is 17.2 Å². The normalized spacial score (nSPS) is 17.2. The van der Waals surface area contributed by atoms with Crippen LogP contribution in [0.3, 0.4) is 0 Å². The molecule has 5 nitrogen and oxygen atoms in total. The number of hydrogen-bond donors (Lipinski definition) is 2. The van der Waals surface area contributed by atoms with Crippen LogP contribution in [0.4, 0.5) is 5.69 Å². The van der Waals surface area contributed by atoms with Gasteiger partial charge in [-0.05, 0) is 0 Å². The molecule has 1 aliphatic heterocycles. The first-order valence-electron chi connectivity index (χ1n) is 9.03. The predicted octanol–water partition coefficient (Wildman–Crippen LogP) is 4.82. The Morgan fingerprint density at radius 3 is 2.43 bits per heavy atom. The Bertz CT molecular complexity index is 913. The molecule has 0 saturated carbocycles. The van der Waals surface area contributed by atoms with Gasteiger partial charge in [-0.3, -0.25) is 0 Å². The number of phenols is 1. The summed E-state index contributed by atoms with van der Waals surface area (Å²) in [5.41, 5.74) is 2.93. The van der Waals surface area contributed by atoms with Crippen LogP contribution in [-0.2, 0) is 0 Å². The molecule has 6 heteroatoms. The molecule has 1 heterocycles. The van der Waals surface area contributed by atoms with Crippen LogP contribution in [0.15, 0.2) is 35.9 Å². The number of nitrogens with one attached hydrogen (secondary N) is 1. The van der Waals surface area contributed by atoms with Crippen LogP contribution in [-0.4, -0.2) is 40.5 Å². The van der Waals surface area contributed by atoms with Gasteiger partial charge in [0.05, 0.1) is 7.11 Å². The zero-order chi connectivity index (χ0) is 20.4. The SMILES string of the molecule is CNc1cc(C(=O)/C(C)=C/c2ccc(OC)c(O)c2)cc(OC)c1I1CC1C. The van der Waals surface area contributed by atoms with E-state index >= 15 is 0 Å². The average Bonchev–Trinajstić information content (AvgIpc) is 3.42. The number of halogens is 1. The average molecular weight is 495 g/mol. The summed E-state index contributed by atoms with van der Waals surface area (Å²) >= 11 is -1.17. The third-order valence-electron chi connectivity index (χ3n) is 4.70. The molecular weight excluding hydrogens is 469 g/mol. The van der Waals surface area contributed by atoms with Gasteiger partial charge in [0.15, 0.2) is 0 Å². The number of carbonyl (C=O) groups is 1. The zero-order valence-electron chi connectivity index (χ0n) is 16.8. The molecule has 2 N–H and O–H groups in total. The first kappa shape index (κ1) is 20.5. The van der Waals surface area contributed by atoms with Gasteiger partial charge in [0.1, 0.15) is 0 Å². The number of alkyl halides is 2. The van der Waals surface area contributed by atoms with E-state index in [4.69, 9.17) is 9.47 Å². The number of methoxy groups -OCH3 is 2. The van der Waals surface area contributed by atoms with E-state index in [0.717, 1.165) is 20.9 Å². The number of hydrogen-bond acceptors (Lipinski definition) is 5. The molecule has 0 aliphatic carbocycles. The molecule has 3 rings (SSSR count). The van der Waals surface area contributed by atoms with Crippen molar-refractivity contribution in [2.75, 3.05) is 31.0 Å². The molecular formula is C22H26INO4. The molecule has 2 aromatic rings. The first-order chi connectivity index (χ1) is 13.4. The van der Waals surface area contributed by atoms with Gasteiger partial charge in [-0.25, -0.2) is 0 Å². The van der Waals surface area contributed by atoms with Crippen molar-refractivity contribution in [1.29, 1.82) is 0 Å². The number of rotatable bonds is 7. The minimum atomic E-state index is -1.17. The van der Waals surface area contributed by atoms with Crippen LogP contribution in [0.25, 0.3) is 6.08 Å². The van der Waals surface area contributed by atoms with Gasteiger partial charge in [0, 0.05) is 0 Å². The number of phenolic OH excluding ortho intramolecular Hbond substituents is 1. The Hall–Kier alpha value is -2.22. The van der Waals surface area contributed by atoms with Gasteiger partial charge in [0.25, 0.3) is 0 Å². The van der Waals surface area contributed by atoms with Gasteiger partial charge in [0.2, 0.25) is 0 Å². The first-order valence-corrected chi connectivity index (χ1v) is 12.9. The molecule has 0 aromatic heterocycles. The number of ether oxygens (including phenoxy) is 2. The molecule has 1 saturated heterocycles. The molecule has 0 radical (unpaired) electrons. The van der Waals surface area contributed by atoms with Gasteiger partial charge in [-0.2, -0.15) is 0 Å². The molecule has 0 spiro atoms. The van der Waals surface area contributed by atoms with E-state index in [2.05, 4.69) is 12.2 Å². The third-order valence-corrected chi connectivity index (χ3v) is 11.3. The summed E-state index contributed by atoms with van der Waals surface area (Å²) in [6.45, 7) is 4.07. The van der Waals surface area contributed by atoms with E-state index in [1.807, 2.05) is 19.2 Å². The number of carbonyl (C=O) groups excluding carboxylic acids is 1. The summed E-state index contributed by atoms with van der Waals surface area (Å²) in [4.78, 5) is 13.0. The molecule has 28 heavy (non-hydrogen) atoms. The number of allylic oxidation sites excluding steroid dienone is 1. The van der Waals surface area contributed by atoms with Crippen LogP contribution in [0, 0.1) is 3.57 Å². The molecule has 1 atom stereocenters.